The van der Waals surface area contributed by atoms with E-state index in [1.54, 1.807) is 36.4 Å². The molecule has 10 nitrogen and oxygen atoms in total. The smallest absolute Gasteiger partial charge is 0.361 e. The Morgan fingerprint density at radius 1 is 1.03 bits per heavy atom. The van der Waals surface area contributed by atoms with E-state index in [1.807, 2.05) is 30.3 Å². The number of furan rings is 1. The van der Waals surface area contributed by atoms with Crippen molar-refractivity contribution in [3.8, 4) is 0 Å². The molecule has 0 saturated heterocycles. The highest BCUT2D eigenvalue weighted by molar-refractivity contribution is 6.05. The van der Waals surface area contributed by atoms with Gasteiger partial charge >= 0.3 is 5.97 Å². The van der Waals surface area contributed by atoms with Crippen LogP contribution in [0.2, 0.25) is 0 Å². The van der Waals surface area contributed by atoms with Gasteiger partial charge in [-0.25, -0.2) is 9.48 Å². The molecule has 2 aromatic carbocycles. The zero-order chi connectivity index (χ0) is 24.6. The molecule has 4 rings (SSSR count). The number of rotatable bonds is 9. The molecule has 0 unspecified atom stereocenters. The van der Waals surface area contributed by atoms with E-state index in [4.69, 9.17) is 9.15 Å². The maximum absolute atomic E-state index is 12.7. The Morgan fingerprint density at radius 3 is 2.57 bits per heavy atom. The summed E-state index contributed by atoms with van der Waals surface area (Å²) in [5.41, 5.74) is 1.67. The lowest BCUT2D eigenvalue weighted by Gasteiger charge is -2.20. The van der Waals surface area contributed by atoms with E-state index in [1.165, 1.54) is 29.1 Å². The molecule has 10 heteroatoms. The Hall–Kier alpha value is -4.73. The lowest BCUT2D eigenvalue weighted by molar-refractivity contribution is -0.121. The highest BCUT2D eigenvalue weighted by Crippen LogP contribution is 2.20. The number of ether oxygens (including phenoxy) is 1. The lowest BCUT2D eigenvalue weighted by atomic mass is 10.1. The Morgan fingerprint density at radius 2 is 1.80 bits per heavy atom. The first-order chi connectivity index (χ1) is 17.0. The summed E-state index contributed by atoms with van der Waals surface area (Å²) in [5, 5.41) is 10.5. The van der Waals surface area contributed by atoms with Crippen LogP contribution in [0.1, 0.15) is 32.2 Å². The predicted octanol–water partition coefficient (Wildman–Crippen LogP) is 2.67. The maximum atomic E-state index is 12.7. The normalized spacial score (nSPS) is 10.5. The van der Waals surface area contributed by atoms with Crippen molar-refractivity contribution in [3.63, 3.8) is 0 Å². The molecule has 0 aliphatic carbocycles. The second-order valence-electron chi connectivity index (χ2n) is 7.60. The minimum atomic E-state index is -0.768. The predicted molar refractivity (Wildman–Crippen MR) is 126 cm³/mol. The first-order valence-corrected chi connectivity index (χ1v) is 10.8. The maximum Gasteiger partial charge on any atom is 0.361 e. The van der Waals surface area contributed by atoms with Gasteiger partial charge in [0.1, 0.15) is 5.76 Å². The van der Waals surface area contributed by atoms with Gasteiger partial charge in [0.25, 0.3) is 11.8 Å². The molecule has 0 fully saturated rings. The summed E-state index contributed by atoms with van der Waals surface area (Å²) in [4.78, 5) is 39.0. The number of likely N-dealkylation sites (N-methyl/N-ethyl adjacent to an activating group) is 1. The van der Waals surface area contributed by atoms with Gasteiger partial charge in [0.15, 0.2) is 12.3 Å². The summed E-state index contributed by atoms with van der Waals surface area (Å²) in [6.45, 7) is 0.130. The molecule has 178 valence electrons. The van der Waals surface area contributed by atoms with Crippen molar-refractivity contribution in [2.45, 2.75) is 13.1 Å². The Bertz CT molecular complexity index is 1300. The van der Waals surface area contributed by atoms with Crippen molar-refractivity contribution in [2.24, 2.45) is 0 Å². The SMILES string of the molecule is CN(C(=O)COC(=O)c1cn(Cc2ccccc2)nn1)c1ccccc1C(=O)NCc1ccco1. The zero-order valence-corrected chi connectivity index (χ0v) is 19.0. The van der Waals surface area contributed by atoms with Gasteiger partial charge in [0, 0.05) is 7.05 Å². The van der Waals surface area contributed by atoms with Crippen molar-refractivity contribution < 1.29 is 23.5 Å². The summed E-state index contributed by atoms with van der Waals surface area (Å²) >= 11 is 0. The van der Waals surface area contributed by atoms with Gasteiger partial charge in [-0.1, -0.05) is 47.7 Å². The number of carbonyl (C=O) groups excluding carboxylic acids is 3. The number of anilines is 1. The summed E-state index contributed by atoms with van der Waals surface area (Å²) in [6, 6.07) is 19.7. The average molecular weight is 473 g/mol. The Labute approximate surface area is 201 Å². The first kappa shape index (κ1) is 23.4. The van der Waals surface area contributed by atoms with E-state index >= 15 is 0 Å². The highest BCUT2D eigenvalue weighted by Gasteiger charge is 2.21. The van der Waals surface area contributed by atoms with Crippen molar-refractivity contribution in [1.29, 1.82) is 0 Å². The number of benzene rings is 2. The largest absolute Gasteiger partial charge is 0.467 e. The third kappa shape index (κ3) is 5.99. The number of para-hydroxylation sites is 1. The molecule has 0 radical (unpaired) electrons. The van der Waals surface area contributed by atoms with Crippen LogP contribution in [0.4, 0.5) is 5.69 Å². The second-order valence-corrected chi connectivity index (χ2v) is 7.60. The monoisotopic (exact) mass is 473 g/mol. The van der Waals surface area contributed by atoms with Crippen molar-refractivity contribution >= 4 is 23.5 Å². The number of nitrogens with zero attached hydrogens (tertiary/aromatic N) is 4. The number of hydrogen-bond acceptors (Lipinski definition) is 7. The summed E-state index contributed by atoms with van der Waals surface area (Å²) in [7, 11) is 1.50. The fourth-order valence-electron chi connectivity index (χ4n) is 3.31. The van der Waals surface area contributed by atoms with E-state index in [0.717, 1.165) is 5.56 Å². The van der Waals surface area contributed by atoms with E-state index < -0.39 is 18.5 Å². The quantitative estimate of drug-likeness (QED) is 0.371. The molecule has 1 N–H and O–H groups in total. The van der Waals surface area contributed by atoms with Gasteiger partial charge < -0.3 is 19.4 Å². The highest BCUT2D eigenvalue weighted by atomic mass is 16.5. The van der Waals surface area contributed by atoms with Gasteiger partial charge in [-0.2, -0.15) is 0 Å². The van der Waals surface area contributed by atoms with Crippen LogP contribution in [0.15, 0.2) is 83.6 Å². The van der Waals surface area contributed by atoms with E-state index in [-0.39, 0.29) is 18.1 Å². The molecule has 0 bridgehead atoms. The molecule has 35 heavy (non-hydrogen) atoms. The Balaban J connectivity index is 1.34. The molecule has 0 atom stereocenters. The van der Waals surface area contributed by atoms with Crippen LogP contribution in [-0.2, 0) is 22.6 Å². The third-order valence-electron chi connectivity index (χ3n) is 5.15. The molecular formula is C25H23N5O5. The number of nitrogens with one attached hydrogen (secondary N) is 1. The van der Waals surface area contributed by atoms with Crippen LogP contribution >= 0.6 is 0 Å². The van der Waals surface area contributed by atoms with E-state index in [2.05, 4.69) is 15.6 Å². The van der Waals surface area contributed by atoms with Gasteiger partial charge in [-0.05, 0) is 29.8 Å². The number of amides is 2. The molecule has 2 amide bonds. The number of carbonyl (C=O) groups is 3. The topological polar surface area (TPSA) is 120 Å². The van der Waals surface area contributed by atoms with Gasteiger partial charge in [-0.3, -0.25) is 9.59 Å². The van der Waals surface area contributed by atoms with Crippen LogP contribution in [0.3, 0.4) is 0 Å². The lowest BCUT2D eigenvalue weighted by Crippen LogP contribution is -2.33. The average Bonchev–Trinajstić information content (AvgIpc) is 3.58. The number of esters is 1. The second kappa shape index (κ2) is 10.9. The van der Waals surface area contributed by atoms with Crippen molar-refractivity contribution in [3.05, 3.63) is 102 Å². The number of hydrogen-bond donors (Lipinski definition) is 1. The van der Waals surface area contributed by atoms with Crippen LogP contribution in [-0.4, -0.2) is 46.4 Å². The van der Waals surface area contributed by atoms with Crippen LogP contribution < -0.4 is 10.2 Å². The van der Waals surface area contributed by atoms with Crippen LogP contribution in [0.5, 0.6) is 0 Å². The number of aromatic nitrogens is 3. The van der Waals surface area contributed by atoms with Crippen molar-refractivity contribution in [2.75, 3.05) is 18.6 Å². The van der Waals surface area contributed by atoms with E-state index in [0.29, 0.717) is 23.6 Å². The van der Waals surface area contributed by atoms with Crippen molar-refractivity contribution in [1.82, 2.24) is 20.3 Å². The summed E-state index contributed by atoms with van der Waals surface area (Å²) < 4.78 is 11.9. The van der Waals surface area contributed by atoms with Crippen LogP contribution in [0.25, 0.3) is 0 Å². The molecule has 0 aliphatic rings. The molecular weight excluding hydrogens is 450 g/mol. The minimum Gasteiger partial charge on any atom is -0.467 e. The first-order valence-electron chi connectivity index (χ1n) is 10.8. The molecule has 0 aliphatic heterocycles. The molecule has 2 aromatic heterocycles. The Kier molecular flexibility index (Phi) is 7.31. The standard InChI is InChI=1S/C25H23N5O5/c1-29(22-12-6-5-11-20(22)24(32)26-14-19-10-7-13-34-19)23(31)17-35-25(33)21-16-30(28-27-21)15-18-8-3-2-4-9-18/h2-13,16H,14-15,17H2,1H3,(H,26,32). The van der Waals surface area contributed by atoms with Crippen LogP contribution in [0, 0.1) is 0 Å². The summed E-state index contributed by atoms with van der Waals surface area (Å²) in [6.07, 6.45) is 2.98. The summed E-state index contributed by atoms with van der Waals surface area (Å²) in [5.74, 6) is -1.05. The fraction of sp³-hybridized carbons (Fsp3) is 0.160. The fourth-order valence-corrected chi connectivity index (χ4v) is 3.31. The zero-order valence-electron chi connectivity index (χ0n) is 19.0. The molecule has 0 saturated carbocycles. The molecule has 4 aromatic rings. The molecule has 2 heterocycles. The third-order valence-corrected chi connectivity index (χ3v) is 5.15. The van der Waals surface area contributed by atoms with Gasteiger partial charge in [0.05, 0.1) is 36.8 Å². The van der Waals surface area contributed by atoms with E-state index in [9.17, 15) is 14.4 Å². The van der Waals surface area contributed by atoms with Gasteiger partial charge in [0.2, 0.25) is 0 Å². The van der Waals surface area contributed by atoms with Gasteiger partial charge in [-0.15, -0.1) is 5.10 Å². The minimum absolute atomic E-state index is 0.00547. The molecule has 0 spiro atoms.